The number of benzene rings is 2. The molecule has 0 radical (unpaired) electrons. The summed E-state index contributed by atoms with van der Waals surface area (Å²) in [5.41, 5.74) is 1.71. The Morgan fingerprint density at radius 1 is 1.06 bits per heavy atom. The molecule has 1 amide bonds. The van der Waals surface area contributed by atoms with Gasteiger partial charge in [-0.25, -0.2) is 0 Å². The van der Waals surface area contributed by atoms with Crippen LogP contribution in [0.25, 0.3) is 5.76 Å². The Bertz CT molecular complexity index is 1110. The first-order valence-corrected chi connectivity index (χ1v) is 11.3. The van der Waals surface area contributed by atoms with Gasteiger partial charge in [-0.05, 0) is 61.5 Å². The van der Waals surface area contributed by atoms with Gasteiger partial charge in [-0.15, -0.1) is 0 Å². The van der Waals surface area contributed by atoms with Gasteiger partial charge < -0.3 is 29.5 Å². The zero-order chi connectivity index (χ0) is 25.0. The maximum absolute atomic E-state index is 13.2. The molecule has 34 heavy (non-hydrogen) atoms. The molecule has 1 atom stereocenters. The van der Waals surface area contributed by atoms with Crippen molar-refractivity contribution in [2.45, 2.75) is 26.8 Å². The molecular weight excluding hydrogens is 436 g/mol. The summed E-state index contributed by atoms with van der Waals surface area (Å²) in [5.74, 6) is -0.888. The molecular formula is C26H32N2O6. The summed E-state index contributed by atoms with van der Waals surface area (Å²) in [6.45, 7) is 8.36. The number of amides is 1. The molecule has 1 aliphatic heterocycles. The summed E-state index contributed by atoms with van der Waals surface area (Å²) in [6, 6.07) is 8.96. The van der Waals surface area contributed by atoms with Crippen LogP contribution in [0.4, 0.5) is 0 Å². The molecule has 0 aliphatic carbocycles. The van der Waals surface area contributed by atoms with Crippen LogP contribution in [-0.2, 0) is 9.59 Å². The molecule has 8 nitrogen and oxygen atoms in total. The summed E-state index contributed by atoms with van der Waals surface area (Å²) < 4.78 is 10.5. The molecule has 2 aromatic rings. The lowest BCUT2D eigenvalue weighted by molar-refractivity contribution is -0.140. The van der Waals surface area contributed by atoms with Crippen molar-refractivity contribution < 1.29 is 29.3 Å². The van der Waals surface area contributed by atoms with E-state index in [1.807, 2.05) is 13.8 Å². The number of aliphatic hydroxyl groups is 1. The number of phenols is 1. The molecule has 1 saturated heterocycles. The normalized spacial score (nSPS) is 17.5. The van der Waals surface area contributed by atoms with Gasteiger partial charge in [0.2, 0.25) is 0 Å². The van der Waals surface area contributed by atoms with Gasteiger partial charge in [0.25, 0.3) is 11.7 Å². The van der Waals surface area contributed by atoms with Gasteiger partial charge in [0.15, 0.2) is 11.5 Å². The minimum Gasteiger partial charge on any atom is -0.507 e. The minimum absolute atomic E-state index is 0.00515. The van der Waals surface area contributed by atoms with E-state index in [0.717, 1.165) is 13.1 Å². The van der Waals surface area contributed by atoms with E-state index < -0.39 is 17.7 Å². The van der Waals surface area contributed by atoms with Gasteiger partial charge in [-0.2, -0.15) is 0 Å². The highest BCUT2D eigenvalue weighted by Gasteiger charge is 2.46. The molecule has 0 unspecified atom stereocenters. The van der Waals surface area contributed by atoms with E-state index in [1.165, 1.54) is 18.1 Å². The average Bonchev–Trinajstić information content (AvgIpc) is 3.09. The van der Waals surface area contributed by atoms with E-state index in [-0.39, 0.29) is 22.8 Å². The van der Waals surface area contributed by atoms with Crippen LogP contribution in [0.5, 0.6) is 17.2 Å². The van der Waals surface area contributed by atoms with E-state index in [0.29, 0.717) is 35.5 Å². The third-order valence-corrected chi connectivity index (χ3v) is 6.30. The molecule has 2 N–H and O–H groups in total. The van der Waals surface area contributed by atoms with Gasteiger partial charge in [0, 0.05) is 18.7 Å². The predicted molar refractivity (Wildman–Crippen MR) is 129 cm³/mol. The second-order valence-electron chi connectivity index (χ2n) is 8.13. The monoisotopic (exact) mass is 468 g/mol. The van der Waals surface area contributed by atoms with Crippen molar-refractivity contribution in [3.63, 3.8) is 0 Å². The number of nitrogens with zero attached hydrogens (tertiary/aromatic N) is 2. The Labute approximate surface area is 200 Å². The predicted octanol–water partition coefficient (Wildman–Crippen LogP) is 3.48. The molecule has 0 bridgehead atoms. The van der Waals surface area contributed by atoms with E-state index in [9.17, 15) is 19.8 Å². The third kappa shape index (κ3) is 4.72. The molecule has 2 aromatic carbocycles. The lowest BCUT2D eigenvalue weighted by Gasteiger charge is -2.28. The molecule has 3 rings (SSSR count). The Morgan fingerprint density at radius 3 is 2.35 bits per heavy atom. The molecule has 0 aromatic heterocycles. The standard InChI is InChI=1S/C26H32N2O6/c1-6-27(7-2)12-13-28-23(17-8-11-20(29)21(15-17)34-5)22(25(31)26(28)32)24(30)19-10-9-18(33-4)14-16(19)3/h8-11,14-15,23,29-30H,6-7,12-13H2,1-5H3/t23-/m1/s1. The fourth-order valence-electron chi connectivity index (χ4n) is 4.28. The first-order valence-electron chi connectivity index (χ1n) is 11.3. The maximum Gasteiger partial charge on any atom is 0.295 e. The fourth-order valence-corrected chi connectivity index (χ4v) is 4.28. The van der Waals surface area contributed by atoms with Crippen molar-refractivity contribution in [3.8, 4) is 17.2 Å². The van der Waals surface area contributed by atoms with Crippen LogP contribution in [0.1, 0.15) is 36.6 Å². The fraction of sp³-hybridized carbons (Fsp3) is 0.385. The Kier molecular flexibility index (Phi) is 7.83. The Hall–Kier alpha value is -3.52. The van der Waals surface area contributed by atoms with E-state index in [4.69, 9.17) is 9.47 Å². The van der Waals surface area contributed by atoms with Crippen molar-refractivity contribution >= 4 is 17.4 Å². The number of rotatable bonds is 9. The topological polar surface area (TPSA) is 99.5 Å². The lowest BCUT2D eigenvalue weighted by atomic mass is 9.93. The number of ether oxygens (including phenoxy) is 2. The highest BCUT2D eigenvalue weighted by atomic mass is 16.5. The number of aromatic hydroxyl groups is 1. The van der Waals surface area contributed by atoms with Gasteiger partial charge in [0.1, 0.15) is 11.5 Å². The Morgan fingerprint density at radius 2 is 1.76 bits per heavy atom. The molecule has 1 aliphatic rings. The Balaban J connectivity index is 2.17. The lowest BCUT2D eigenvalue weighted by Crippen LogP contribution is -2.38. The van der Waals surface area contributed by atoms with Crippen LogP contribution in [0.15, 0.2) is 42.0 Å². The molecule has 0 saturated carbocycles. The first-order chi connectivity index (χ1) is 16.3. The van der Waals surface area contributed by atoms with Crippen LogP contribution in [0.3, 0.4) is 0 Å². The van der Waals surface area contributed by atoms with Crippen LogP contribution >= 0.6 is 0 Å². The molecule has 0 spiro atoms. The number of aliphatic hydroxyl groups excluding tert-OH is 1. The molecule has 1 heterocycles. The molecule has 8 heteroatoms. The molecule has 1 fully saturated rings. The summed E-state index contributed by atoms with van der Waals surface area (Å²) in [4.78, 5) is 30.0. The number of ketones is 1. The number of likely N-dealkylation sites (N-methyl/N-ethyl adjacent to an activating group) is 1. The minimum atomic E-state index is -0.827. The van der Waals surface area contributed by atoms with E-state index in [1.54, 1.807) is 44.4 Å². The largest absolute Gasteiger partial charge is 0.507 e. The average molecular weight is 469 g/mol. The third-order valence-electron chi connectivity index (χ3n) is 6.30. The van der Waals surface area contributed by atoms with E-state index in [2.05, 4.69) is 4.90 Å². The van der Waals surface area contributed by atoms with Crippen LogP contribution in [0, 0.1) is 6.92 Å². The highest BCUT2D eigenvalue weighted by Crippen LogP contribution is 2.42. The number of aryl methyl sites for hydroxylation is 1. The second kappa shape index (κ2) is 10.6. The number of carbonyl (C=O) groups is 2. The zero-order valence-electron chi connectivity index (χ0n) is 20.3. The van der Waals surface area contributed by atoms with Gasteiger partial charge >= 0.3 is 0 Å². The van der Waals surface area contributed by atoms with Crippen molar-refractivity contribution in [1.82, 2.24) is 9.80 Å². The summed E-state index contributed by atoms with van der Waals surface area (Å²) in [6.07, 6.45) is 0. The summed E-state index contributed by atoms with van der Waals surface area (Å²) in [7, 11) is 2.98. The van der Waals surface area contributed by atoms with Crippen LogP contribution < -0.4 is 9.47 Å². The van der Waals surface area contributed by atoms with E-state index >= 15 is 0 Å². The number of phenolic OH excluding ortho intramolecular Hbond substituents is 1. The van der Waals surface area contributed by atoms with Crippen molar-refractivity contribution in [2.75, 3.05) is 40.4 Å². The summed E-state index contributed by atoms with van der Waals surface area (Å²) in [5, 5.41) is 21.4. The second-order valence-corrected chi connectivity index (χ2v) is 8.13. The van der Waals surface area contributed by atoms with Crippen LogP contribution in [0.2, 0.25) is 0 Å². The van der Waals surface area contributed by atoms with Crippen LogP contribution in [-0.4, -0.2) is 72.1 Å². The van der Waals surface area contributed by atoms with Gasteiger partial charge in [-0.1, -0.05) is 19.9 Å². The number of carbonyl (C=O) groups excluding carboxylic acids is 2. The first kappa shape index (κ1) is 25.1. The number of methoxy groups -OCH3 is 2. The highest BCUT2D eigenvalue weighted by molar-refractivity contribution is 6.46. The van der Waals surface area contributed by atoms with Crippen molar-refractivity contribution in [2.24, 2.45) is 0 Å². The van der Waals surface area contributed by atoms with Gasteiger partial charge in [0.05, 0.1) is 25.8 Å². The number of hydrogen-bond donors (Lipinski definition) is 2. The van der Waals surface area contributed by atoms with Gasteiger partial charge in [-0.3, -0.25) is 9.59 Å². The van der Waals surface area contributed by atoms with Crippen molar-refractivity contribution in [3.05, 3.63) is 58.7 Å². The quantitative estimate of drug-likeness (QED) is 0.330. The number of Topliss-reactive ketones (excluding diaryl/α,β-unsaturated/α-hetero) is 1. The van der Waals surface area contributed by atoms with Crippen molar-refractivity contribution in [1.29, 1.82) is 0 Å². The smallest absolute Gasteiger partial charge is 0.295 e. The maximum atomic E-state index is 13.2. The molecule has 182 valence electrons. The SMILES string of the molecule is CCN(CC)CCN1C(=O)C(=O)C(=C(O)c2ccc(OC)cc2C)[C@H]1c1ccc(O)c(OC)c1. The number of likely N-dealkylation sites (tertiary alicyclic amines) is 1. The number of hydrogen-bond acceptors (Lipinski definition) is 7. The summed E-state index contributed by atoms with van der Waals surface area (Å²) >= 11 is 0. The zero-order valence-corrected chi connectivity index (χ0v) is 20.3.